The van der Waals surface area contributed by atoms with Crippen LogP contribution in [0, 0.1) is 28.6 Å². The van der Waals surface area contributed by atoms with Crippen molar-refractivity contribution in [3.05, 3.63) is 29.2 Å². The Morgan fingerprint density at radius 3 is 2.27 bits per heavy atom. The van der Waals surface area contributed by atoms with Crippen molar-refractivity contribution in [2.75, 3.05) is 13.1 Å². The summed E-state index contributed by atoms with van der Waals surface area (Å²) in [4.78, 5) is 84.9. The average Bonchev–Trinajstić information content (AvgIpc) is 3.43. The molecule has 0 radical (unpaired) electrons. The van der Waals surface area contributed by atoms with Crippen molar-refractivity contribution in [2.45, 2.75) is 91.7 Å². The largest absolute Gasteiger partial charge is 0.389 e. The molecule has 2 aliphatic rings. The number of Topliss-reactive ketones (excluding diaryl/α,β-unsaturated/α-hetero) is 2. The number of carbonyl (C=O) groups is 6. The van der Waals surface area contributed by atoms with Gasteiger partial charge in [-0.25, -0.2) is 9.78 Å². The van der Waals surface area contributed by atoms with E-state index in [1.54, 1.807) is 40.0 Å². The van der Waals surface area contributed by atoms with Gasteiger partial charge in [-0.05, 0) is 35.0 Å². The summed E-state index contributed by atoms with van der Waals surface area (Å²) in [5.74, 6) is -5.14. The number of nitrogens with one attached hydrogen (secondary N) is 4. The lowest BCUT2D eigenvalue weighted by Crippen LogP contribution is -2.62. The highest BCUT2D eigenvalue weighted by molar-refractivity contribution is 7.11. The molecular weight excluding hydrogens is 653 g/mol. The third-order valence-electron chi connectivity index (χ3n) is 9.01. The predicted molar refractivity (Wildman–Crippen MR) is 172 cm³/mol. The fraction of sp³-hybridized carbons (Fsp3) is 0.656. The molecule has 48 heavy (non-hydrogen) atoms. The molecule has 1 aromatic rings. The molecule has 16 heteroatoms. The highest BCUT2D eigenvalue weighted by Gasteiger charge is 2.70. The van der Waals surface area contributed by atoms with Gasteiger partial charge >= 0.3 is 12.2 Å². The van der Waals surface area contributed by atoms with Crippen molar-refractivity contribution < 1.29 is 41.9 Å². The van der Waals surface area contributed by atoms with E-state index < -0.39 is 83.6 Å². The van der Waals surface area contributed by atoms with Crippen LogP contribution in [0.1, 0.15) is 71.1 Å². The quantitative estimate of drug-likeness (QED) is 0.132. The van der Waals surface area contributed by atoms with Crippen LogP contribution < -0.4 is 21.3 Å². The second kappa shape index (κ2) is 14.7. The number of nitrogens with zero attached hydrogens (tertiary/aromatic N) is 2. The molecule has 4 N–H and O–H groups in total. The first-order valence-corrected chi connectivity index (χ1v) is 16.6. The van der Waals surface area contributed by atoms with E-state index in [0.29, 0.717) is 0 Å². The number of ketones is 2. The molecule has 3 rings (SSSR count). The van der Waals surface area contributed by atoms with Gasteiger partial charge in [0.2, 0.25) is 23.4 Å². The first kappa shape index (κ1) is 38.6. The van der Waals surface area contributed by atoms with E-state index in [-0.39, 0.29) is 41.6 Å². The molecule has 1 saturated heterocycles. The molecule has 1 unspecified atom stereocenters. The highest BCUT2D eigenvalue weighted by Crippen LogP contribution is 2.65. The number of piperidine rings is 1. The van der Waals surface area contributed by atoms with Crippen molar-refractivity contribution in [1.29, 1.82) is 0 Å². The summed E-state index contributed by atoms with van der Waals surface area (Å²) >= 11 is 1.13. The van der Waals surface area contributed by atoms with Gasteiger partial charge in [-0.2, -0.15) is 13.2 Å². The summed E-state index contributed by atoms with van der Waals surface area (Å²) in [5, 5.41) is 11.7. The summed E-state index contributed by atoms with van der Waals surface area (Å²) in [6.07, 6.45) is -4.21. The fourth-order valence-corrected chi connectivity index (χ4v) is 6.81. The molecule has 5 amide bonds. The van der Waals surface area contributed by atoms with E-state index in [2.05, 4.69) is 32.8 Å². The second-order valence-corrected chi connectivity index (χ2v) is 15.2. The number of urea groups is 1. The number of thiazole rings is 1. The van der Waals surface area contributed by atoms with E-state index in [9.17, 15) is 41.9 Å². The number of hydrogen-bond acceptors (Lipinski definition) is 8. The molecule has 2 fully saturated rings. The summed E-state index contributed by atoms with van der Waals surface area (Å²) in [6, 6.07) is -5.91. The minimum absolute atomic E-state index is 0.112. The van der Waals surface area contributed by atoms with Crippen LogP contribution in [-0.2, 0) is 19.2 Å². The van der Waals surface area contributed by atoms with Crippen LogP contribution in [0.15, 0.2) is 24.2 Å². The van der Waals surface area contributed by atoms with Crippen LogP contribution in [0.4, 0.5) is 18.0 Å². The maximum Gasteiger partial charge on any atom is 0.389 e. The maximum atomic E-state index is 14.2. The van der Waals surface area contributed by atoms with Gasteiger partial charge in [0.15, 0.2) is 5.01 Å². The number of carbonyl (C=O) groups excluding carboxylic acids is 6. The Labute approximate surface area is 282 Å². The van der Waals surface area contributed by atoms with Gasteiger partial charge in [-0.3, -0.25) is 24.0 Å². The summed E-state index contributed by atoms with van der Waals surface area (Å²) < 4.78 is 39.5. The topological polar surface area (TPSA) is 167 Å². The Bertz CT molecular complexity index is 1410. The zero-order valence-corrected chi connectivity index (χ0v) is 29.0. The van der Waals surface area contributed by atoms with Crippen molar-refractivity contribution in [2.24, 2.45) is 28.6 Å². The van der Waals surface area contributed by atoms with E-state index in [1.807, 2.05) is 13.8 Å². The van der Waals surface area contributed by atoms with Crippen molar-refractivity contribution >= 4 is 46.7 Å². The van der Waals surface area contributed by atoms with Gasteiger partial charge < -0.3 is 26.2 Å². The third-order valence-corrected chi connectivity index (χ3v) is 9.80. The maximum absolute atomic E-state index is 14.2. The molecule has 0 spiro atoms. The van der Waals surface area contributed by atoms with Crippen LogP contribution in [0.3, 0.4) is 0 Å². The Morgan fingerprint density at radius 1 is 1.10 bits per heavy atom. The molecular formula is C32H45F3N6O6S. The van der Waals surface area contributed by atoms with Gasteiger partial charge in [0.05, 0.1) is 12.1 Å². The van der Waals surface area contributed by atoms with Gasteiger partial charge in [0, 0.05) is 31.1 Å². The van der Waals surface area contributed by atoms with Crippen LogP contribution >= 0.6 is 11.3 Å². The first-order valence-electron chi connectivity index (χ1n) is 15.7. The molecule has 0 aromatic carbocycles. The van der Waals surface area contributed by atoms with Gasteiger partial charge in [0.25, 0.3) is 5.91 Å². The number of hydrogen-bond donors (Lipinski definition) is 4. The number of amides is 5. The van der Waals surface area contributed by atoms with Crippen LogP contribution in [0.5, 0.6) is 0 Å². The van der Waals surface area contributed by atoms with Crippen molar-refractivity contribution in [3.8, 4) is 0 Å². The molecule has 1 aromatic heterocycles. The van der Waals surface area contributed by atoms with Crippen molar-refractivity contribution in [1.82, 2.24) is 31.2 Å². The first-order chi connectivity index (χ1) is 22.1. The predicted octanol–water partition coefficient (Wildman–Crippen LogP) is 3.25. The van der Waals surface area contributed by atoms with Crippen LogP contribution in [0.2, 0.25) is 0 Å². The smallest absolute Gasteiger partial charge is 0.346 e. The number of alkyl halides is 3. The number of fused-ring (bicyclic) bond motifs is 1. The number of likely N-dealkylation sites (tertiary alicyclic amines) is 1. The lowest BCUT2D eigenvalue weighted by molar-refractivity contribution is -0.148. The Balaban J connectivity index is 1.85. The van der Waals surface area contributed by atoms with E-state index in [0.717, 1.165) is 11.3 Å². The van der Waals surface area contributed by atoms with Crippen molar-refractivity contribution in [3.63, 3.8) is 0 Å². The number of rotatable bonds is 14. The van der Waals surface area contributed by atoms with E-state index in [1.165, 1.54) is 17.2 Å². The zero-order valence-electron chi connectivity index (χ0n) is 28.2. The Morgan fingerprint density at radius 2 is 1.75 bits per heavy atom. The molecule has 2 heterocycles. The van der Waals surface area contributed by atoms with Gasteiger partial charge in [0.1, 0.15) is 12.1 Å². The lowest BCUT2D eigenvalue weighted by atomic mass is 9.85. The summed E-state index contributed by atoms with van der Waals surface area (Å²) in [5.41, 5.74) is -1.28. The van der Waals surface area contributed by atoms with Gasteiger partial charge in [-0.1, -0.05) is 54.5 Å². The van der Waals surface area contributed by atoms with E-state index >= 15 is 0 Å². The second-order valence-electron chi connectivity index (χ2n) is 14.3. The zero-order chi connectivity index (χ0) is 36.4. The van der Waals surface area contributed by atoms with Gasteiger partial charge in [-0.15, -0.1) is 17.9 Å². The highest BCUT2D eigenvalue weighted by atomic mass is 32.1. The minimum Gasteiger partial charge on any atom is -0.346 e. The normalized spacial score (nSPS) is 21.7. The van der Waals surface area contributed by atoms with Crippen LogP contribution in [0.25, 0.3) is 0 Å². The molecule has 0 bridgehead atoms. The molecule has 266 valence electrons. The minimum atomic E-state index is -4.66. The number of aromatic nitrogens is 1. The summed E-state index contributed by atoms with van der Waals surface area (Å²) in [7, 11) is 0. The monoisotopic (exact) mass is 698 g/mol. The molecule has 1 saturated carbocycles. The lowest BCUT2D eigenvalue weighted by Gasteiger charge is -2.38. The fourth-order valence-electron chi connectivity index (χ4n) is 6.20. The number of halogens is 3. The molecule has 6 atom stereocenters. The SMILES string of the molecule is C=CCNC(=O)C(=O)C(CCC(F)(F)F)NC(=O)[C@@H]1[C@@H]2[C@H](CN1C(=O)[C@@H](NC(=O)N[C@H](C(=O)c1nccs1)C(C)C)C(C)(C)C)C2(C)C. The third kappa shape index (κ3) is 8.99. The molecule has 12 nitrogen and oxygen atoms in total. The Kier molecular flexibility index (Phi) is 11.9. The standard InChI is InChI=1S/C32H45F3N6O6S/c1-9-12-36-26(45)22(42)18(10-11-32(33,34)35)38-25(44)21-19-17(31(19,7)8)15-41(21)28(46)24(30(4,5)6)40-29(47)39-20(16(2)3)23(43)27-37-13-14-48-27/h9,13-14,16-21,24H,1,10-12,15H2,2-8H3,(H,36,45)(H,38,44)(H2,39,40,47)/t17-,18?,19-,20-,21-,24+/m0/s1. The van der Waals surface area contributed by atoms with E-state index in [4.69, 9.17) is 0 Å². The summed E-state index contributed by atoms with van der Waals surface area (Å²) in [6.45, 7) is 15.9. The van der Waals surface area contributed by atoms with Crippen LogP contribution in [-0.4, -0.2) is 88.6 Å². The Hall–Kier alpha value is -3.82. The molecule has 1 aliphatic carbocycles. The molecule has 1 aliphatic heterocycles. The average molecular weight is 699 g/mol.